The van der Waals surface area contributed by atoms with Gasteiger partial charge in [-0.05, 0) is 19.1 Å². The molecule has 1 aliphatic heterocycles. The van der Waals surface area contributed by atoms with E-state index in [0.717, 1.165) is 6.20 Å². The van der Waals surface area contributed by atoms with Crippen LogP contribution in [0, 0.1) is 5.13 Å². The number of oxime groups is 1. The van der Waals surface area contributed by atoms with Gasteiger partial charge in [0.25, 0.3) is 5.91 Å². The second-order valence-electron chi connectivity index (χ2n) is 6.73. The number of halogens is 1. The predicted molar refractivity (Wildman–Crippen MR) is 109 cm³/mol. The lowest BCUT2D eigenvalue weighted by Crippen LogP contribution is -2.30. The van der Waals surface area contributed by atoms with Crippen LogP contribution in [0.1, 0.15) is 25.8 Å². The van der Waals surface area contributed by atoms with Crippen LogP contribution in [-0.4, -0.2) is 50.4 Å². The second-order valence-corrected chi connectivity index (χ2v) is 9.48. The largest absolute Gasteiger partial charge is 0.386 e. The molecule has 2 aromatic rings. The standard InChI is InChI=1S/C18H21FN4O5S2/c1-3-21-30(25,26)13-6-4-12(5-7-13)15(23-28-18(2)8-9-27-11-18)16(24)22-17-20-10-14(19)29-17/h4-7,10,21H,3,8-9,11H2,1-2H3,(H,20,22,24)/b23-15+/t18-/m0/s1. The van der Waals surface area contributed by atoms with Crippen LogP contribution in [0.4, 0.5) is 9.52 Å². The molecule has 2 N–H and O–H groups in total. The Bertz CT molecular complexity index is 1030. The first kappa shape index (κ1) is 22.3. The molecule has 1 fully saturated rings. The van der Waals surface area contributed by atoms with Crippen molar-refractivity contribution in [1.29, 1.82) is 0 Å². The Balaban J connectivity index is 1.89. The van der Waals surface area contributed by atoms with Crippen LogP contribution in [0.3, 0.4) is 0 Å². The van der Waals surface area contributed by atoms with E-state index in [1.807, 2.05) is 0 Å². The smallest absolute Gasteiger partial charge is 0.280 e. The van der Waals surface area contributed by atoms with Crippen LogP contribution >= 0.6 is 11.3 Å². The average Bonchev–Trinajstić information content (AvgIpc) is 3.31. The second kappa shape index (κ2) is 9.16. The van der Waals surface area contributed by atoms with Gasteiger partial charge < -0.3 is 9.57 Å². The number of amides is 1. The summed E-state index contributed by atoms with van der Waals surface area (Å²) in [5.74, 6) is -0.672. The maximum atomic E-state index is 13.2. The molecule has 0 saturated carbocycles. The van der Waals surface area contributed by atoms with Crippen molar-refractivity contribution in [3.8, 4) is 0 Å². The van der Waals surface area contributed by atoms with E-state index in [1.165, 1.54) is 24.3 Å². The summed E-state index contributed by atoms with van der Waals surface area (Å²) in [6.07, 6.45) is 1.59. The van der Waals surface area contributed by atoms with E-state index in [-0.39, 0.29) is 22.3 Å². The summed E-state index contributed by atoms with van der Waals surface area (Å²) in [5, 5.41) is 6.01. The molecule has 9 nitrogen and oxygen atoms in total. The minimum Gasteiger partial charge on any atom is -0.386 e. The third-order valence-electron chi connectivity index (χ3n) is 4.23. The Morgan fingerprint density at radius 3 is 2.70 bits per heavy atom. The summed E-state index contributed by atoms with van der Waals surface area (Å²) in [4.78, 5) is 22.2. The number of benzene rings is 1. The molecule has 1 amide bonds. The summed E-state index contributed by atoms with van der Waals surface area (Å²) in [7, 11) is -3.64. The fourth-order valence-electron chi connectivity index (χ4n) is 2.64. The van der Waals surface area contributed by atoms with E-state index in [9.17, 15) is 17.6 Å². The number of carbonyl (C=O) groups is 1. The van der Waals surface area contributed by atoms with Gasteiger partial charge in [0.15, 0.2) is 21.6 Å². The van der Waals surface area contributed by atoms with Crippen LogP contribution in [0.15, 0.2) is 40.5 Å². The molecule has 12 heteroatoms. The Morgan fingerprint density at radius 2 is 2.13 bits per heavy atom. The molecule has 0 radical (unpaired) electrons. The Morgan fingerprint density at radius 1 is 1.40 bits per heavy atom. The first-order chi connectivity index (χ1) is 14.2. The molecular weight excluding hydrogens is 435 g/mol. The number of nitrogens with zero attached hydrogens (tertiary/aromatic N) is 2. The molecule has 3 rings (SSSR count). The Hall–Kier alpha value is -2.41. The van der Waals surface area contributed by atoms with Crippen LogP contribution < -0.4 is 10.0 Å². The number of carbonyl (C=O) groups excluding carboxylic acids is 1. The number of nitrogens with one attached hydrogen (secondary N) is 2. The lowest BCUT2D eigenvalue weighted by Gasteiger charge is -2.19. The van der Waals surface area contributed by atoms with Crippen LogP contribution in [-0.2, 0) is 24.4 Å². The summed E-state index contributed by atoms with van der Waals surface area (Å²) in [6, 6.07) is 5.61. The third kappa shape index (κ3) is 5.39. The molecule has 0 unspecified atom stereocenters. The van der Waals surface area contributed by atoms with Crippen LogP contribution in [0.5, 0.6) is 0 Å². The van der Waals surface area contributed by atoms with Gasteiger partial charge >= 0.3 is 0 Å². The molecule has 1 aliphatic rings. The van der Waals surface area contributed by atoms with E-state index in [2.05, 4.69) is 20.2 Å². The average molecular weight is 457 g/mol. The van der Waals surface area contributed by atoms with Crippen molar-refractivity contribution in [3.05, 3.63) is 41.2 Å². The van der Waals surface area contributed by atoms with Gasteiger partial charge in [0.1, 0.15) is 0 Å². The number of rotatable bonds is 8. The highest BCUT2D eigenvalue weighted by molar-refractivity contribution is 7.89. The lowest BCUT2D eigenvalue weighted by molar-refractivity contribution is -0.110. The Kier molecular flexibility index (Phi) is 6.81. The van der Waals surface area contributed by atoms with Gasteiger partial charge in [-0.3, -0.25) is 10.1 Å². The van der Waals surface area contributed by atoms with Gasteiger partial charge in [-0.25, -0.2) is 18.1 Å². The van der Waals surface area contributed by atoms with Gasteiger partial charge in [-0.1, -0.05) is 35.5 Å². The predicted octanol–water partition coefficient (Wildman–Crippen LogP) is 2.12. The zero-order valence-electron chi connectivity index (χ0n) is 16.3. The molecule has 0 spiro atoms. The number of anilines is 1. The highest BCUT2D eigenvalue weighted by Crippen LogP contribution is 2.23. The van der Waals surface area contributed by atoms with Gasteiger partial charge in [0.05, 0.1) is 24.3 Å². The molecule has 1 aromatic carbocycles. The van der Waals surface area contributed by atoms with E-state index < -0.39 is 26.7 Å². The first-order valence-electron chi connectivity index (χ1n) is 9.09. The number of thiazole rings is 1. The summed E-state index contributed by atoms with van der Waals surface area (Å²) in [5.41, 5.74) is -0.471. The minimum atomic E-state index is -3.64. The summed E-state index contributed by atoms with van der Waals surface area (Å²) >= 11 is 0.669. The number of hydrogen-bond donors (Lipinski definition) is 2. The van der Waals surface area contributed by atoms with Crippen LogP contribution in [0.25, 0.3) is 0 Å². The highest BCUT2D eigenvalue weighted by atomic mass is 32.2. The fraction of sp³-hybridized carbons (Fsp3) is 0.389. The SMILES string of the molecule is CCNS(=O)(=O)c1ccc(/C(=N\O[C@@]2(C)CCOC2)C(=O)Nc2ncc(F)s2)cc1. The van der Waals surface area contributed by atoms with E-state index >= 15 is 0 Å². The maximum Gasteiger partial charge on any atom is 0.280 e. The highest BCUT2D eigenvalue weighted by Gasteiger charge is 2.33. The molecule has 30 heavy (non-hydrogen) atoms. The van der Waals surface area contributed by atoms with Crippen molar-refractivity contribution in [2.24, 2.45) is 5.16 Å². The summed E-state index contributed by atoms with van der Waals surface area (Å²) in [6.45, 7) is 4.57. The van der Waals surface area contributed by atoms with Gasteiger partial charge in [-0.15, -0.1) is 0 Å². The van der Waals surface area contributed by atoms with Crippen molar-refractivity contribution in [3.63, 3.8) is 0 Å². The van der Waals surface area contributed by atoms with Gasteiger partial charge in [0, 0.05) is 18.5 Å². The number of ether oxygens (including phenoxy) is 1. The lowest BCUT2D eigenvalue weighted by atomic mass is 10.1. The number of aromatic nitrogens is 1. The number of sulfonamides is 1. The third-order valence-corrected chi connectivity index (χ3v) is 6.49. The molecule has 162 valence electrons. The fourth-order valence-corrected chi connectivity index (χ4v) is 4.22. The van der Waals surface area contributed by atoms with Crippen molar-refractivity contribution in [1.82, 2.24) is 9.71 Å². The summed E-state index contributed by atoms with van der Waals surface area (Å²) < 4.78 is 45.2. The monoisotopic (exact) mass is 456 g/mol. The van der Waals surface area contributed by atoms with E-state index in [0.29, 0.717) is 36.5 Å². The van der Waals surface area contributed by atoms with Gasteiger partial charge in [0.2, 0.25) is 10.0 Å². The van der Waals surface area contributed by atoms with Crippen molar-refractivity contribution < 1.29 is 27.2 Å². The minimum absolute atomic E-state index is 0.0481. The molecule has 1 aromatic heterocycles. The molecule has 1 saturated heterocycles. The Labute approximate surface area is 177 Å². The zero-order chi connectivity index (χ0) is 21.8. The molecule has 0 bridgehead atoms. The topological polar surface area (TPSA) is 119 Å². The number of hydrogen-bond acceptors (Lipinski definition) is 8. The molecule has 2 heterocycles. The van der Waals surface area contributed by atoms with Crippen molar-refractivity contribution in [2.75, 3.05) is 25.1 Å². The molecular formula is C18H21FN4O5S2. The molecule has 1 atom stereocenters. The van der Waals surface area contributed by atoms with Crippen molar-refractivity contribution in [2.45, 2.75) is 30.8 Å². The van der Waals surface area contributed by atoms with Crippen LogP contribution in [0.2, 0.25) is 0 Å². The zero-order valence-corrected chi connectivity index (χ0v) is 18.0. The maximum absolute atomic E-state index is 13.2. The molecule has 0 aliphatic carbocycles. The first-order valence-corrected chi connectivity index (χ1v) is 11.4. The van der Waals surface area contributed by atoms with Gasteiger partial charge in [-0.2, -0.15) is 4.39 Å². The van der Waals surface area contributed by atoms with E-state index in [4.69, 9.17) is 9.57 Å². The normalized spacial score (nSPS) is 19.6. The van der Waals surface area contributed by atoms with Crippen molar-refractivity contribution >= 4 is 38.1 Å². The van der Waals surface area contributed by atoms with E-state index in [1.54, 1.807) is 13.8 Å². The quantitative estimate of drug-likeness (QED) is 0.464.